The molecule has 0 bridgehead atoms. The number of carbonyl (C=O) groups excluding carboxylic acids is 4. The lowest BCUT2D eigenvalue weighted by Crippen LogP contribution is -2.59. The van der Waals surface area contributed by atoms with Gasteiger partial charge in [0.05, 0.1) is 17.2 Å². The molecule has 0 aliphatic carbocycles. The third-order valence-corrected chi connectivity index (χ3v) is 14.3. The third-order valence-electron chi connectivity index (χ3n) is 14.3. The highest BCUT2D eigenvalue weighted by Gasteiger charge is 2.34. The number of likely N-dealkylation sites (tertiary alicyclic amines) is 2. The fourth-order valence-electron chi connectivity index (χ4n) is 10.3. The molecule has 15 heteroatoms. The van der Waals surface area contributed by atoms with Gasteiger partial charge in [-0.3, -0.25) is 28.6 Å². The van der Waals surface area contributed by atoms with E-state index in [1.807, 2.05) is 54.3 Å². The monoisotopic (exact) mass is 923 g/mol. The Bertz CT molecular complexity index is 2350. The topological polar surface area (TPSA) is 152 Å². The average Bonchev–Trinajstić information content (AvgIpc) is 3.76. The number of aryl methyl sites for hydroxylation is 1. The summed E-state index contributed by atoms with van der Waals surface area (Å²) in [7, 11) is 2.17. The fraction of sp³-hybridized carbons (Fsp3) is 0.615. The van der Waals surface area contributed by atoms with Crippen LogP contribution in [0.15, 0.2) is 53.5 Å². The second-order valence-electron chi connectivity index (χ2n) is 19.2. The van der Waals surface area contributed by atoms with Crippen LogP contribution in [0.5, 0.6) is 0 Å². The van der Waals surface area contributed by atoms with Crippen molar-refractivity contribution in [3.8, 4) is 0 Å². The number of amides is 3. The Morgan fingerprint density at radius 3 is 2.07 bits per heavy atom. The van der Waals surface area contributed by atoms with Crippen molar-refractivity contribution in [3.63, 3.8) is 0 Å². The minimum atomic E-state index is -0.803. The summed E-state index contributed by atoms with van der Waals surface area (Å²) >= 11 is 0. The molecule has 0 saturated carbocycles. The van der Waals surface area contributed by atoms with Crippen molar-refractivity contribution in [1.82, 2.24) is 39.3 Å². The second-order valence-corrected chi connectivity index (χ2v) is 19.2. The summed E-state index contributed by atoms with van der Waals surface area (Å²) in [6.45, 7) is 12.0. The van der Waals surface area contributed by atoms with Gasteiger partial charge in [-0.25, -0.2) is 9.48 Å². The zero-order chi connectivity index (χ0) is 47.3. The number of para-hydroxylation sites is 1. The van der Waals surface area contributed by atoms with E-state index in [0.717, 1.165) is 118 Å². The van der Waals surface area contributed by atoms with Crippen molar-refractivity contribution in [2.75, 3.05) is 59.4 Å². The molecular weight excluding hydrogens is 849 g/mol. The van der Waals surface area contributed by atoms with E-state index in [1.54, 1.807) is 20.3 Å². The number of piperidine rings is 2. The van der Waals surface area contributed by atoms with Gasteiger partial charge in [-0.15, -0.1) is 0 Å². The van der Waals surface area contributed by atoms with E-state index < -0.39 is 6.04 Å². The number of esters is 2. The van der Waals surface area contributed by atoms with Gasteiger partial charge in [0.2, 0.25) is 5.91 Å². The van der Waals surface area contributed by atoms with Crippen LogP contribution in [0.3, 0.4) is 0 Å². The Labute approximate surface area is 396 Å². The molecule has 3 saturated heterocycles. The Morgan fingerprint density at radius 1 is 0.746 bits per heavy atom. The molecule has 0 radical (unpaired) electrons. The number of nitrogens with one attached hydrogen (secondary N) is 1. The van der Waals surface area contributed by atoms with E-state index >= 15 is 0 Å². The number of pyridine rings is 1. The van der Waals surface area contributed by atoms with Gasteiger partial charge >= 0.3 is 18.0 Å². The quantitative estimate of drug-likeness (QED) is 0.0705. The number of piperazine rings is 1. The Hall–Kier alpha value is -5.28. The molecule has 2 aromatic carbocycles. The van der Waals surface area contributed by atoms with Crippen LogP contribution in [0.4, 0.5) is 4.79 Å². The molecular formula is C52H74N8O7. The number of benzene rings is 2. The summed E-state index contributed by atoms with van der Waals surface area (Å²) in [5.41, 5.74) is 3.87. The SMILES string of the molecule is CCCCCCC(=O)OCn1ncc2cc(C[C@@H](NC(=O)N3CCC(c4cc5ccccc5n(COC(=O)CCCCCC)c4=O)CC3)C(=O)N3CCN(C4CCN(C)CC4)CC3)cc(C)c21. The van der Waals surface area contributed by atoms with E-state index in [1.165, 1.54) is 0 Å². The summed E-state index contributed by atoms with van der Waals surface area (Å²) in [6, 6.07) is 13.1. The van der Waals surface area contributed by atoms with Gasteiger partial charge in [0.25, 0.3) is 5.56 Å². The third kappa shape index (κ3) is 13.0. The molecule has 15 nitrogen and oxygen atoms in total. The van der Waals surface area contributed by atoms with Crippen molar-refractivity contribution in [3.05, 3.63) is 75.7 Å². The molecule has 7 rings (SSSR count). The van der Waals surface area contributed by atoms with Gasteiger partial charge in [-0.05, 0) is 106 Å². The second kappa shape index (κ2) is 24.1. The van der Waals surface area contributed by atoms with Gasteiger partial charge in [-0.1, -0.05) is 76.6 Å². The maximum absolute atomic E-state index is 14.6. The summed E-state index contributed by atoms with van der Waals surface area (Å²) in [5.74, 6) is -0.732. The van der Waals surface area contributed by atoms with Crippen molar-refractivity contribution in [2.45, 2.75) is 149 Å². The zero-order valence-corrected chi connectivity index (χ0v) is 40.5. The van der Waals surface area contributed by atoms with Crippen LogP contribution in [0.2, 0.25) is 0 Å². The Balaban J connectivity index is 1.03. The van der Waals surface area contributed by atoms with Crippen LogP contribution in [-0.2, 0) is 43.7 Å². The number of fused-ring (bicyclic) bond motifs is 2. The highest BCUT2D eigenvalue weighted by atomic mass is 16.5. The molecule has 1 atom stereocenters. The molecule has 1 N–H and O–H groups in total. The van der Waals surface area contributed by atoms with Crippen LogP contribution < -0.4 is 10.9 Å². The summed E-state index contributed by atoms with van der Waals surface area (Å²) < 4.78 is 14.5. The number of nitrogens with zero attached hydrogens (tertiary/aromatic N) is 7. The molecule has 0 spiro atoms. The number of rotatable bonds is 20. The lowest BCUT2D eigenvalue weighted by atomic mass is 9.89. The van der Waals surface area contributed by atoms with E-state index in [-0.39, 0.29) is 48.8 Å². The van der Waals surface area contributed by atoms with E-state index in [9.17, 15) is 24.0 Å². The Kier molecular flexibility index (Phi) is 17.9. The van der Waals surface area contributed by atoms with Crippen LogP contribution in [0.1, 0.15) is 126 Å². The molecule has 5 heterocycles. The smallest absolute Gasteiger partial charge is 0.318 e. The number of urea groups is 1. The highest BCUT2D eigenvalue weighted by molar-refractivity contribution is 5.88. The first-order chi connectivity index (χ1) is 32.5. The number of aromatic nitrogens is 3. The molecule has 67 heavy (non-hydrogen) atoms. The van der Waals surface area contributed by atoms with Gasteiger partial charge in [0.1, 0.15) is 6.04 Å². The molecule has 364 valence electrons. The van der Waals surface area contributed by atoms with Gasteiger partial charge in [0.15, 0.2) is 13.5 Å². The van der Waals surface area contributed by atoms with Gasteiger partial charge in [0, 0.05) is 75.5 Å². The Morgan fingerprint density at radius 2 is 1.40 bits per heavy atom. The summed E-state index contributed by atoms with van der Waals surface area (Å²) in [5, 5.41) is 9.48. The first kappa shape index (κ1) is 49.6. The molecule has 3 aliphatic heterocycles. The first-order valence-corrected chi connectivity index (χ1v) is 25.2. The summed E-state index contributed by atoms with van der Waals surface area (Å²) in [4.78, 5) is 76.6. The minimum absolute atomic E-state index is 0.0271. The van der Waals surface area contributed by atoms with Crippen molar-refractivity contribution in [2.24, 2.45) is 0 Å². The predicted octanol–water partition coefficient (Wildman–Crippen LogP) is 7.34. The number of unbranched alkanes of at least 4 members (excludes halogenated alkanes) is 6. The van der Waals surface area contributed by atoms with Crippen molar-refractivity contribution < 1.29 is 28.7 Å². The van der Waals surface area contributed by atoms with Crippen LogP contribution in [-0.4, -0.2) is 129 Å². The number of ether oxygens (including phenoxy) is 2. The van der Waals surface area contributed by atoms with Crippen LogP contribution in [0.25, 0.3) is 21.8 Å². The molecule has 3 amide bonds. The minimum Gasteiger partial charge on any atom is -0.444 e. The first-order valence-electron chi connectivity index (χ1n) is 25.2. The van der Waals surface area contributed by atoms with E-state index in [2.05, 4.69) is 41.1 Å². The largest absolute Gasteiger partial charge is 0.444 e. The fourth-order valence-corrected chi connectivity index (χ4v) is 10.3. The average molecular weight is 923 g/mol. The van der Waals surface area contributed by atoms with E-state index in [4.69, 9.17) is 9.47 Å². The maximum atomic E-state index is 14.6. The predicted molar refractivity (Wildman–Crippen MR) is 261 cm³/mol. The van der Waals surface area contributed by atoms with Crippen LogP contribution in [0, 0.1) is 6.92 Å². The molecule has 3 aliphatic rings. The lowest BCUT2D eigenvalue weighted by Gasteiger charge is -2.43. The summed E-state index contributed by atoms with van der Waals surface area (Å²) in [6.07, 6.45) is 14.1. The molecule has 3 fully saturated rings. The van der Waals surface area contributed by atoms with Crippen molar-refractivity contribution in [1.29, 1.82) is 0 Å². The highest BCUT2D eigenvalue weighted by Crippen LogP contribution is 2.29. The zero-order valence-electron chi connectivity index (χ0n) is 40.5. The molecule has 2 aromatic heterocycles. The number of carbonyl (C=O) groups is 4. The van der Waals surface area contributed by atoms with Crippen LogP contribution >= 0.6 is 0 Å². The van der Waals surface area contributed by atoms with Crippen molar-refractivity contribution >= 4 is 45.7 Å². The standard InChI is InChI=1S/C52H74N8O7/c1-5-7-9-11-17-47(61)66-36-59-46-16-14-13-15-41(46)34-44(50(59)63)40-19-25-58(26-20-40)52(65)54-45(51(64)57-29-27-56(28-30-57)43-21-23-55(4)24-22-43)33-39-31-38(3)49-42(32-39)35-53-60(49)37-67-48(62)18-12-10-8-6-2/h13-16,31-32,34-35,40,43,45H,5-12,17-30,33,36-37H2,1-4H3,(H,54,65)/t45-/m1/s1. The van der Waals surface area contributed by atoms with Gasteiger partial charge < -0.3 is 29.5 Å². The normalized spacial score (nSPS) is 17.3. The molecule has 0 unspecified atom stereocenters. The lowest BCUT2D eigenvalue weighted by molar-refractivity contribution is -0.148. The number of hydrogen-bond acceptors (Lipinski definition) is 10. The van der Waals surface area contributed by atoms with Gasteiger partial charge in [-0.2, -0.15) is 5.10 Å². The number of hydrogen-bond donors (Lipinski definition) is 1. The molecule has 4 aromatic rings. The maximum Gasteiger partial charge on any atom is 0.318 e. The van der Waals surface area contributed by atoms with E-state index in [0.29, 0.717) is 75.4 Å².